The van der Waals surface area contributed by atoms with Crippen molar-refractivity contribution in [3.8, 4) is 11.3 Å². The molecule has 0 radical (unpaired) electrons. The molecule has 1 saturated carbocycles. The third kappa shape index (κ3) is 5.35. The number of halogens is 1. The Morgan fingerprint density at radius 2 is 1.75 bits per heavy atom. The first kappa shape index (κ1) is 33.0. The summed E-state index contributed by atoms with van der Waals surface area (Å²) in [6.45, 7) is 9.22. The Balaban J connectivity index is 1.12. The number of aromatic nitrogens is 4. The highest BCUT2D eigenvalue weighted by atomic mass is 19.1. The largest absolute Gasteiger partial charge is 0.343 e. The highest BCUT2D eigenvalue weighted by Crippen LogP contribution is 2.52. The molecule has 0 unspecified atom stereocenters. The molecule has 3 aromatic heterocycles. The number of nitrogens with one attached hydrogen (secondary N) is 1. The number of nitrogens with zero attached hydrogens (tertiary/aromatic N) is 7. The number of rotatable bonds is 6. The molecule has 3 fully saturated rings. The number of piperidine rings is 2. The second-order valence-corrected chi connectivity index (χ2v) is 15.5. The molecule has 9 rings (SSSR count). The predicted molar refractivity (Wildman–Crippen MR) is 201 cm³/mol. The number of carbonyl (C=O) groups excluding carboxylic acids is 2. The van der Waals surface area contributed by atoms with Gasteiger partial charge in [-0.05, 0) is 107 Å². The first-order valence-corrected chi connectivity index (χ1v) is 18.9. The van der Waals surface area contributed by atoms with Crippen molar-refractivity contribution < 1.29 is 14.0 Å². The highest BCUT2D eigenvalue weighted by Gasteiger charge is 2.55. The van der Waals surface area contributed by atoms with Gasteiger partial charge in [0.25, 0.3) is 0 Å². The summed E-state index contributed by atoms with van der Waals surface area (Å²) in [6, 6.07) is 14.2. The third-order valence-corrected chi connectivity index (χ3v) is 12.2. The van der Waals surface area contributed by atoms with Gasteiger partial charge in [0, 0.05) is 67.2 Å². The molecule has 268 valence electrons. The number of anilines is 3. The van der Waals surface area contributed by atoms with Crippen molar-refractivity contribution in [2.75, 3.05) is 36.4 Å². The van der Waals surface area contributed by atoms with E-state index in [2.05, 4.69) is 52.1 Å². The Morgan fingerprint density at radius 3 is 2.50 bits per heavy atom. The lowest BCUT2D eigenvalue weighted by Crippen LogP contribution is -2.58. The number of fused-ring (bicyclic) bond motifs is 4. The zero-order valence-corrected chi connectivity index (χ0v) is 30.1. The fraction of sp³-hybridized carbons (Fsp3) is 0.439. The maximum absolute atomic E-state index is 15.5. The number of likely N-dealkylation sites (tertiary alicyclic amines) is 2. The molecule has 52 heavy (non-hydrogen) atoms. The minimum absolute atomic E-state index is 0.0578. The van der Waals surface area contributed by atoms with Crippen LogP contribution < -0.4 is 10.2 Å². The minimum atomic E-state index is -0.640. The summed E-state index contributed by atoms with van der Waals surface area (Å²) in [4.78, 5) is 47.7. The normalized spacial score (nSPS) is 21.7. The van der Waals surface area contributed by atoms with E-state index in [1.54, 1.807) is 25.4 Å². The van der Waals surface area contributed by atoms with Crippen molar-refractivity contribution in [2.45, 2.75) is 89.3 Å². The molecular weight excluding hydrogens is 656 g/mol. The van der Waals surface area contributed by atoms with E-state index >= 15 is 4.39 Å². The van der Waals surface area contributed by atoms with Crippen LogP contribution in [0.5, 0.6) is 0 Å². The number of pyridine rings is 2. The zero-order chi connectivity index (χ0) is 35.7. The number of benzene rings is 2. The zero-order valence-electron chi connectivity index (χ0n) is 30.1. The molecular formula is C41H45FN8O2. The SMILES string of the molecule is CC(=O)N1CCC2(CC1)C(=O)N([C@H]1C[C@@H](N3CCCCC3)C1)c1cc(-c3cc4ncn(C(C)C)c4c(Nc4cc5ccncc5cc4F)n3)ccc12. The summed E-state index contributed by atoms with van der Waals surface area (Å²) < 4.78 is 17.6. The van der Waals surface area contributed by atoms with E-state index < -0.39 is 11.2 Å². The molecule has 11 heteroatoms. The molecule has 5 aromatic rings. The van der Waals surface area contributed by atoms with Crippen molar-refractivity contribution in [2.24, 2.45) is 0 Å². The van der Waals surface area contributed by atoms with Crippen LogP contribution in [0.3, 0.4) is 0 Å². The maximum atomic E-state index is 15.5. The van der Waals surface area contributed by atoms with E-state index in [0.29, 0.717) is 49.2 Å². The van der Waals surface area contributed by atoms with E-state index in [4.69, 9.17) is 9.97 Å². The van der Waals surface area contributed by atoms with Crippen molar-refractivity contribution in [3.05, 3.63) is 72.6 Å². The van der Waals surface area contributed by atoms with Gasteiger partial charge in [0.15, 0.2) is 5.82 Å². The van der Waals surface area contributed by atoms with Crippen LogP contribution in [0, 0.1) is 5.82 Å². The predicted octanol–water partition coefficient (Wildman–Crippen LogP) is 7.35. The van der Waals surface area contributed by atoms with Crippen LogP contribution in [-0.4, -0.2) is 79.4 Å². The number of hydrogen-bond donors (Lipinski definition) is 1. The van der Waals surface area contributed by atoms with Crippen LogP contribution in [0.25, 0.3) is 33.1 Å². The summed E-state index contributed by atoms with van der Waals surface area (Å²) in [6.07, 6.45) is 12.2. The fourth-order valence-electron chi connectivity index (χ4n) is 9.17. The van der Waals surface area contributed by atoms with Gasteiger partial charge < -0.3 is 24.6 Å². The molecule has 4 aliphatic rings. The standard InChI is InChI=1S/C41H45FN8O2/c1-25(2)49-24-44-36-22-34(45-39(38(36)49)46-35-18-27-9-12-43-23-29(27)17-33(35)42)28-7-8-32-37(19-28)50(31-20-30(21-31)48-13-5-4-6-14-48)40(52)41(32)10-15-47(16-11-41)26(3)51/h7-9,12,17-19,22-25,30-31H,4-6,10-11,13-16,20-21H2,1-3H3,(H,45,46)/t30-,31+. The average molecular weight is 701 g/mol. The van der Waals surface area contributed by atoms with Crippen LogP contribution in [0.15, 0.2) is 61.2 Å². The first-order chi connectivity index (χ1) is 25.2. The lowest BCUT2D eigenvalue weighted by atomic mass is 9.73. The molecule has 2 amide bonds. The van der Waals surface area contributed by atoms with Gasteiger partial charge in [0.2, 0.25) is 11.8 Å². The van der Waals surface area contributed by atoms with Gasteiger partial charge in [0.1, 0.15) is 11.3 Å². The molecule has 1 N–H and O–H groups in total. The van der Waals surface area contributed by atoms with Gasteiger partial charge in [-0.1, -0.05) is 18.6 Å². The number of carbonyl (C=O) groups is 2. The number of imidazole rings is 1. The van der Waals surface area contributed by atoms with E-state index in [1.807, 2.05) is 27.9 Å². The maximum Gasteiger partial charge on any atom is 0.238 e. The second-order valence-electron chi connectivity index (χ2n) is 15.5. The van der Waals surface area contributed by atoms with Crippen molar-refractivity contribution in [1.29, 1.82) is 0 Å². The van der Waals surface area contributed by atoms with Crippen molar-refractivity contribution in [3.63, 3.8) is 0 Å². The summed E-state index contributed by atoms with van der Waals surface area (Å²) in [7, 11) is 0. The molecule has 10 nitrogen and oxygen atoms in total. The Labute approximate surface area is 303 Å². The van der Waals surface area contributed by atoms with Gasteiger partial charge in [0.05, 0.1) is 28.6 Å². The van der Waals surface area contributed by atoms with Gasteiger partial charge in [-0.25, -0.2) is 14.4 Å². The van der Waals surface area contributed by atoms with Crippen LogP contribution in [0.2, 0.25) is 0 Å². The van der Waals surface area contributed by atoms with Gasteiger partial charge in [-0.15, -0.1) is 0 Å². The van der Waals surface area contributed by atoms with E-state index in [0.717, 1.165) is 64.6 Å². The van der Waals surface area contributed by atoms with Gasteiger partial charge in [-0.2, -0.15) is 0 Å². The monoisotopic (exact) mass is 700 g/mol. The van der Waals surface area contributed by atoms with Crippen LogP contribution >= 0.6 is 0 Å². The van der Waals surface area contributed by atoms with Crippen LogP contribution in [0.1, 0.15) is 77.3 Å². The molecule has 1 aliphatic carbocycles. The lowest BCUT2D eigenvalue weighted by molar-refractivity contribution is -0.134. The number of amides is 2. The van der Waals surface area contributed by atoms with Crippen LogP contribution in [-0.2, 0) is 15.0 Å². The minimum Gasteiger partial charge on any atom is -0.343 e. The summed E-state index contributed by atoms with van der Waals surface area (Å²) in [5.74, 6) is 0.347. The van der Waals surface area contributed by atoms with Crippen molar-refractivity contribution in [1.82, 2.24) is 29.3 Å². The van der Waals surface area contributed by atoms with Crippen LogP contribution in [0.4, 0.5) is 21.6 Å². The Bertz CT molecular complexity index is 2210. The summed E-state index contributed by atoms with van der Waals surface area (Å²) in [5, 5.41) is 4.92. The smallest absolute Gasteiger partial charge is 0.238 e. The molecule has 2 saturated heterocycles. The first-order valence-electron chi connectivity index (χ1n) is 18.9. The Hall–Kier alpha value is -4.90. The van der Waals surface area contributed by atoms with Gasteiger partial charge >= 0.3 is 0 Å². The summed E-state index contributed by atoms with van der Waals surface area (Å²) in [5.41, 5.74) is 4.80. The lowest BCUT2D eigenvalue weighted by Gasteiger charge is -2.48. The van der Waals surface area contributed by atoms with Gasteiger partial charge in [-0.3, -0.25) is 14.6 Å². The second kappa shape index (κ2) is 12.6. The molecule has 1 spiro atoms. The number of hydrogen-bond acceptors (Lipinski definition) is 7. The highest BCUT2D eigenvalue weighted by molar-refractivity contribution is 6.09. The molecule has 2 aromatic carbocycles. The quantitative estimate of drug-likeness (QED) is 0.198. The third-order valence-electron chi connectivity index (χ3n) is 12.2. The molecule has 0 atom stereocenters. The Morgan fingerprint density at radius 1 is 0.962 bits per heavy atom. The molecule has 3 aliphatic heterocycles. The van der Waals surface area contributed by atoms with E-state index in [1.165, 1.54) is 25.3 Å². The summed E-state index contributed by atoms with van der Waals surface area (Å²) >= 11 is 0. The van der Waals surface area contributed by atoms with Crippen molar-refractivity contribution >= 4 is 50.8 Å². The topological polar surface area (TPSA) is 99.5 Å². The average Bonchev–Trinajstić information content (AvgIpc) is 3.66. The Kier molecular flexibility index (Phi) is 8.02. The van der Waals surface area contributed by atoms with E-state index in [9.17, 15) is 9.59 Å². The fourth-order valence-corrected chi connectivity index (χ4v) is 9.17. The molecule has 0 bridgehead atoms. The van der Waals surface area contributed by atoms with E-state index in [-0.39, 0.29) is 23.9 Å². The molecule has 6 heterocycles.